The molecule has 0 N–H and O–H groups in total. The Hall–Kier alpha value is -1.84. The number of anilines is 1. The standard InChI is InChI=1S/C17H17ClN2O/c18-15-3-1-14(2-4-15)13-19-16-5-7-17(8-6-16)20-9-11-21-12-10-20/h1-8,13H,9-12H2. The third-order valence-electron chi connectivity index (χ3n) is 3.46. The van der Waals surface area contributed by atoms with E-state index in [9.17, 15) is 0 Å². The molecule has 21 heavy (non-hydrogen) atoms. The maximum Gasteiger partial charge on any atom is 0.0642 e. The van der Waals surface area contributed by atoms with Crippen molar-refractivity contribution in [1.82, 2.24) is 0 Å². The number of benzene rings is 2. The van der Waals surface area contributed by atoms with E-state index in [4.69, 9.17) is 16.3 Å². The Kier molecular flexibility index (Phi) is 4.53. The number of morpholine rings is 1. The maximum absolute atomic E-state index is 5.86. The molecule has 0 aromatic heterocycles. The van der Waals surface area contributed by atoms with Gasteiger partial charge >= 0.3 is 0 Å². The van der Waals surface area contributed by atoms with E-state index < -0.39 is 0 Å². The lowest BCUT2D eigenvalue weighted by Crippen LogP contribution is -2.36. The highest BCUT2D eigenvalue weighted by molar-refractivity contribution is 6.30. The number of hydrogen-bond donors (Lipinski definition) is 0. The number of ether oxygens (including phenoxy) is 1. The molecule has 0 saturated carbocycles. The fourth-order valence-corrected chi connectivity index (χ4v) is 2.39. The zero-order chi connectivity index (χ0) is 14.5. The highest BCUT2D eigenvalue weighted by Gasteiger charge is 2.10. The van der Waals surface area contributed by atoms with Gasteiger partial charge in [-0.1, -0.05) is 23.7 Å². The van der Waals surface area contributed by atoms with Crippen molar-refractivity contribution in [2.45, 2.75) is 0 Å². The van der Waals surface area contributed by atoms with Crippen LogP contribution in [0.4, 0.5) is 11.4 Å². The van der Waals surface area contributed by atoms with Crippen molar-refractivity contribution >= 4 is 29.2 Å². The van der Waals surface area contributed by atoms with Crippen LogP contribution in [-0.4, -0.2) is 32.5 Å². The molecule has 0 atom stereocenters. The number of halogens is 1. The van der Waals surface area contributed by atoms with Crippen LogP contribution in [0.15, 0.2) is 53.5 Å². The summed E-state index contributed by atoms with van der Waals surface area (Å²) in [5, 5.41) is 0.738. The quantitative estimate of drug-likeness (QED) is 0.802. The minimum absolute atomic E-state index is 0.738. The average molecular weight is 301 g/mol. The summed E-state index contributed by atoms with van der Waals surface area (Å²) in [6.07, 6.45) is 1.85. The number of aliphatic imine (C=N–C) groups is 1. The van der Waals surface area contributed by atoms with Gasteiger partial charge < -0.3 is 9.64 Å². The van der Waals surface area contributed by atoms with Gasteiger partial charge in [0.05, 0.1) is 18.9 Å². The van der Waals surface area contributed by atoms with E-state index in [-0.39, 0.29) is 0 Å². The third-order valence-corrected chi connectivity index (χ3v) is 3.71. The summed E-state index contributed by atoms with van der Waals surface area (Å²) in [6.45, 7) is 3.51. The summed E-state index contributed by atoms with van der Waals surface area (Å²) in [5.41, 5.74) is 3.21. The Balaban J connectivity index is 1.67. The molecule has 0 radical (unpaired) electrons. The molecular formula is C17H17ClN2O. The van der Waals surface area contributed by atoms with Gasteiger partial charge in [-0.15, -0.1) is 0 Å². The van der Waals surface area contributed by atoms with Gasteiger partial charge in [-0.25, -0.2) is 0 Å². The van der Waals surface area contributed by atoms with Crippen molar-refractivity contribution in [3.63, 3.8) is 0 Å². The fourth-order valence-electron chi connectivity index (χ4n) is 2.27. The third kappa shape index (κ3) is 3.84. The van der Waals surface area contributed by atoms with E-state index in [1.54, 1.807) is 0 Å². The molecule has 3 rings (SSSR count). The SMILES string of the molecule is Clc1ccc(C=Nc2ccc(N3CCOCC3)cc2)cc1. The van der Waals surface area contributed by atoms with Crippen LogP contribution in [-0.2, 0) is 4.74 Å². The van der Waals surface area contributed by atoms with Crippen LogP contribution in [0.2, 0.25) is 5.02 Å². The van der Waals surface area contributed by atoms with Crippen molar-refractivity contribution in [3.8, 4) is 0 Å². The largest absolute Gasteiger partial charge is 0.378 e. The molecule has 1 aliphatic rings. The summed E-state index contributed by atoms with van der Waals surface area (Å²) in [7, 11) is 0. The van der Waals surface area contributed by atoms with Crippen molar-refractivity contribution < 1.29 is 4.74 Å². The van der Waals surface area contributed by atoms with Crippen LogP contribution in [0.1, 0.15) is 5.56 Å². The number of hydrogen-bond acceptors (Lipinski definition) is 3. The summed E-state index contributed by atoms with van der Waals surface area (Å²) in [6, 6.07) is 15.9. The minimum atomic E-state index is 0.738. The molecule has 1 aliphatic heterocycles. The lowest BCUT2D eigenvalue weighted by molar-refractivity contribution is 0.122. The van der Waals surface area contributed by atoms with Gasteiger partial charge in [0.1, 0.15) is 0 Å². The zero-order valence-electron chi connectivity index (χ0n) is 11.7. The van der Waals surface area contributed by atoms with Crippen molar-refractivity contribution in [2.24, 2.45) is 4.99 Å². The zero-order valence-corrected chi connectivity index (χ0v) is 12.5. The second-order valence-electron chi connectivity index (χ2n) is 4.93. The molecule has 0 bridgehead atoms. The second-order valence-corrected chi connectivity index (χ2v) is 5.36. The molecule has 1 fully saturated rings. The first kappa shape index (κ1) is 14.1. The van der Waals surface area contributed by atoms with Crippen LogP contribution in [0.25, 0.3) is 0 Å². The Bertz CT molecular complexity index is 602. The topological polar surface area (TPSA) is 24.8 Å². The highest BCUT2D eigenvalue weighted by Crippen LogP contribution is 2.20. The number of rotatable bonds is 3. The molecule has 0 spiro atoms. The number of nitrogens with zero attached hydrogens (tertiary/aromatic N) is 2. The fraction of sp³-hybridized carbons (Fsp3) is 0.235. The van der Waals surface area contributed by atoms with E-state index in [0.29, 0.717) is 0 Å². The first-order chi connectivity index (χ1) is 10.3. The molecule has 1 saturated heterocycles. The van der Waals surface area contributed by atoms with Gasteiger partial charge in [-0.3, -0.25) is 4.99 Å². The van der Waals surface area contributed by atoms with Gasteiger partial charge in [0, 0.05) is 30.0 Å². The molecule has 0 aliphatic carbocycles. The van der Waals surface area contributed by atoms with Crippen molar-refractivity contribution in [1.29, 1.82) is 0 Å². The molecule has 3 nitrogen and oxygen atoms in total. The van der Waals surface area contributed by atoms with Gasteiger partial charge in [-0.2, -0.15) is 0 Å². The molecular weight excluding hydrogens is 284 g/mol. The molecule has 0 unspecified atom stereocenters. The minimum Gasteiger partial charge on any atom is -0.378 e. The Labute approximate surface area is 129 Å². The Morgan fingerprint density at radius 1 is 0.952 bits per heavy atom. The van der Waals surface area contributed by atoms with Gasteiger partial charge in [0.15, 0.2) is 0 Å². The summed E-state index contributed by atoms with van der Waals surface area (Å²) in [5.74, 6) is 0. The van der Waals surface area contributed by atoms with E-state index in [1.807, 2.05) is 42.6 Å². The molecule has 108 valence electrons. The first-order valence-electron chi connectivity index (χ1n) is 7.04. The van der Waals surface area contributed by atoms with Crippen LogP contribution in [0, 0.1) is 0 Å². The van der Waals surface area contributed by atoms with Crippen molar-refractivity contribution in [2.75, 3.05) is 31.2 Å². The molecule has 2 aromatic rings. The molecule has 1 heterocycles. The van der Waals surface area contributed by atoms with Gasteiger partial charge in [0.2, 0.25) is 0 Å². The normalized spacial score (nSPS) is 15.6. The molecule has 0 amide bonds. The van der Waals surface area contributed by atoms with E-state index in [1.165, 1.54) is 5.69 Å². The van der Waals surface area contributed by atoms with E-state index in [0.717, 1.165) is 42.6 Å². The van der Waals surface area contributed by atoms with Crippen LogP contribution in [0.3, 0.4) is 0 Å². The highest BCUT2D eigenvalue weighted by atomic mass is 35.5. The van der Waals surface area contributed by atoms with Crippen LogP contribution < -0.4 is 4.90 Å². The van der Waals surface area contributed by atoms with E-state index in [2.05, 4.69) is 22.0 Å². The van der Waals surface area contributed by atoms with Gasteiger partial charge in [0.25, 0.3) is 0 Å². The predicted octanol–water partition coefficient (Wildman–Crippen LogP) is 3.93. The predicted molar refractivity (Wildman–Crippen MR) is 88.2 cm³/mol. The first-order valence-corrected chi connectivity index (χ1v) is 7.41. The molecule has 2 aromatic carbocycles. The van der Waals surface area contributed by atoms with Crippen molar-refractivity contribution in [3.05, 3.63) is 59.1 Å². The summed E-state index contributed by atoms with van der Waals surface area (Å²) in [4.78, 5) is 6.81. The van der Waals surface area contributed by atoms with E-state index >= 15 is 0 Å². The second kappa shape index (κ2) is 6.74. The maximum atomic E-state index is 5.86. The average Bonchev–Trinajstić information content (AvgIpc) is 2.56. The summed E-state index contributed by atoms with van der Waals surface area (Å²) >= 11 is 5.86. The lowest BCUT2D eigenvalue weighted by Gasteiger charge is -2.28. The lowest BCUT2D eigenvalue weighted by atomic mass is 10.2. The van der Waals surface area contributed by atoms with Crippen LogP contribution >= 0.6 is 11.6 Å². The van der Waals surface area contributed by atoms with Gasteiger partial charge in [-0.05, 0) is 42.0 Å². The molecule has 4 heteroatoms. The monoisotopic (exact) mass is 300 g/mol. The Morgan fingerprint density at radius 3 is 2.29 bits per heavy atom. The smallest absolute Gasteiger partial charge is 0.0642 e. The Morgan fingerprint density at radius 2 is 1.62 bits per heavy atom. The summed E-state index contributed by atoms with van der Waals surface area (Å²) < 4.78 is 5.37. The van der Waals surface area contributed by atoms with Crippen LogP contribution in [0.5, 0.6) is 0 Å².